The van der Waals surface area contributed by atoms with E-state index in [1.54, 1.807) is 15.9 Å². The van der Waals surface area contributed by atoms with Gasteiger partial charge in [0.25, 0.3) is 5.91 Å². The first-order valence-electron chi connectivity index (χ1n) is 8.30. The Morgan fingerprint density at radius 3 is 2.28 bits per heavy atom. The maximum absolute atomic E-state index is 12.8. The summed E-state index contributed by atoms with van der Waals surface area (Å²) in [4.78, 5) is 28.7. The smallest absolute Gasteiger partial charge is 0.414 e. The van der Waals surface area contributed by atoms with Crippen molar-refractivity contribution in [1.82, 2.24) is 0 Å². The van der Waals surface area contributed by atoms with Crippen molar-refractivity contribution in [2.24, 2.45) is 0 Å². The van der Waals surface area contributed by atoms with E-state index in [2.05, 4.69) is 0 Å². The van der Waals surface area contributed by atoms with E-state index < -0.39 is 11.7 Å². The number of hydrogen-bond donors (Lipinski definition) is 0. The molecule has 0 fully saturated rings. The van der Waals surface area contributed by atoms with E-state index in [4.69, 9.17) is 9.15 Å². The van der Waals surface area contributed by atoms with Gasteiger partial charge in [0.05, 0.1) is 23.2 Å². The summed E-state index contributed by atoms with van der Waals surface area (Å²) >= 11 is 0. The molecule has 0 unspecified atom stereocenters. The molecule has 0 saturated carbocycles. The van der Waals surface area contributed by atoms with Crippen LogP contribution < -0.4 is 9.80 Å². The highest BCUT2D eigenvalue weighted by Gasteiger charge is 2.30. The number of rotatable bonds is 1. The van der Waals surface area contributed by atoms with Gasteiger partial charge in [-0.3, -0.25) is 9.69 Å². The molecule has 6 heteroatoms. The number of amides is 2. The molecule has 6 nitrogen and oxygen atoms in total. The molecule has 0 radical (unpaired) electrons. The lowest BCUT2D eigenvalue weighted by molar-refractivity contribution is 0.0581. The summed E-state index contributed by atoms with van der Waals surface area (Å²) in [5, 5.41) is 0. The van der Waals surface area contributed by atoms with Crippen LogP contribution in [-0.4, -0.2) is 30.7 Å². The van der Waals surface area contributed by atoms with Gasteiger partial charge in [0, 0.05) is 13.1 Å². The van der Waals surface area contributed by atoms with Crippen molar-refractivity contribution in [3.8, 4) is 0 Å². The van der Waals surface area contributed by atoms with Crippen LogP contribution in [0.2, 0.25) is 0 Å². The van der Waals surface area contributed by atoms with E-state index in [1.807, 2.05) is 45.0 Å². The van der Waals surface area contributed by atoms with Gasteiger partial charge in [0.1, 0.15) is 11.9 Å². The first-order chi connectivity index (χ1) is 11.9. The third-order valence-electron chi connectivity index (χ3n) is 3.85. The molecule has 2 aromatic rings. The zero-order valence-electron chi connectivity index (χ0n) is 14.7. The lowest BCUT2D eigenvalue weighted by atomic mass is 10.2. The summed E-state index contributed by atoms with van der Waals surface area (Å²) in [5.74, 6) is -0.146. The number of nitrogens with zero attached hydrogens (tertiary/aromatic N) is 2. The maximum atomic E-state index is 12.8. The van der Waals surface area contributed by atoms with Crippen LogP contribution in [0.3, 0.4) is 0 Å². The average Bonchev–Trinajstić information content (AvgIpc) is 3.00. The molecular weight excluding hydrogens is 320 g/mol. The molecule has 25 heavy (non-hydrogen) atoms. The zero-order valence-corrected chi connectivity index (χ0v) is 14.7. The SMILES string of the molecule is CC(C)(C)OC(=O)N1CCCN(C(=O)c2ccoc2)c2ccccc21. The van der Waals surface area contributed by atoms with Crippen LogP contribution in [-0.2, 0) is 4.74 Å². The van der Waals surface area contributed by atoms with Crippen LogP contribution in [0.5, 0.6) is 0 Å². The number of benzene rings is 1. The predicted octanol–water partition coefficient (Wildman–Crippen LogP) is 4.07. The first-order valence-corrected chi connectivity index (χ1v) is 8.30. The number of para-hydroxylation sites is 2. The maximum Gasteiger partial charge on any atom is 0.414 e. The van der Waals surface area contributed by atoms with Crippen molar-refractivity contribution in [2.45, 2.75) is 32.8 Å². The number of ether oxygens (including phenoxy) is 1. The molecule has 2 heterocycles. The minimum absolute atomic E-state index is 0.146. The lowest BCUT2D eigenvalue weighted by Gasteiger charge is -2.28. The number of anilines is 2. The molecule has 0 atom stereocenters. The first kappa shape index (κ1) is 17.1. The molecule has 1 aliphatic rings. The molecule has 1 aliphatic heterocycles. The Kier molecular flexibility index (Phi) is 4.53. The highest BCUT2D eigenvalue weighted by atomic mass is 16.6. The van der Waals surface area contributed by atoms with Crippen molar-refractivity contribution in [1.29, 1.82) is 0 Å². The molecule has 1 aromatic heterocycles. The average molecular weight is 342 g/mol. The fourth-order valence-electron chi connectivity index (χ4n) is 2.81. The van der Waals surface area contributed by atoms with Crippen LogP contribution in [0.15, 0.2) is 47.3 Å². The topological polar surface area (TPSA) is 63.0 Å². The third-order valence-corrected chi connectivity index (χ3v) is 3.85. The van der Waals surface area contributed by atoms with E-state index >= 15 is 0 Å². The molecule has 3 rings (SSSR count). The third kappa shape index (κ3) is 3.68. The molecular formula is C19H22N2O4. The van der Waals surface area contributed by atoms with Crippen LogP contribution in [0.4, 0.5) is 16.2 Å². The van der Waals surface area contributed by atoms with Crippen LogP contribution >= 0.6 is 0 Å². The number of furan rings is 1. The molecule has 0 bridgehead atoms. The Labute approximate surface area is 147 Å². The van der Waals surface area contributed by atoms with Gasteiger partial charge in [-0.1, -0.05) is 12.1 Å². The monoisotopic (exact) mass is 342 g/mol. The van der Waals surface area contributed by atoms with E-state index in [0.717, 1.165) is 0 Å². The quantitative estimate of drug-likeness (QED) is 0.783. The Bertz CT molecular complexity index is 762. The minimum atomic E-state index is -0.579. The zero-order chi connectivity index (χ0) is 18.0. The summed E-state index contributed by atoms with van der Waals surface area (Å²) in [5.41, 5.74) is 1.27. The van der Waals surface area contributed by atoms with E-state index in [0.29, 0.717) is 36.4 Å². The molecule has 132 valence electrons. The van der Waals surface area contributed by atoms with Crippen molar-refractivity contribution in [3.05, 3.63) is 48.4 Å². The van der Waals surface area contributed by atoms with Crippen LogP contribution in [0, 0.1) is 0 Å². The molecule has 0 N–H and O–H groups in total. The number of carbonyl (C=O) groups is 2. The van der Waals surface area contributed by atoms with Crippen molar-refractivity contribution in [2.75, 3.05) is 22.9 Å². The number of carbonyl (C=O) groups excluding carboxylic acids is 2. The largest absolute Gasteiger partial charge is 0.472 e. The second-order valence-corrected chi connectivity index (χ2v) is 6.94. The number of hydrogen-bond acceptors (Lipinski definition) is 4. The Hall–Kier alpha value is -2.76. The molecule has 0 spiro atoms. The Morgan fingerprint density at radius 2 is 1.68 bits per heavy atom. The van der Waals surface area contributed by atoms with Gasteiger partial charge in [-0.05, 0) is 45.4 Å². The number of fused-ring (bicyclic) bond motifs is 1. The lowest BCUT2D eigenvalue weighted by Crippen LogP contribution is -2.37. The van der Waals surface area contributed by atoms with Gasteiger partial charge < -0.3 is 14.1 Å². The van der Waals surface area contributed by atoms with E-state index in [-0.39, 0.29) is 5.91 Å². The highest BCUT2D eigenvalue weighted by molar-refractivity contribution is 6.09. The fraction of sp³-hybridized carbons (Fsp3) is 0.368. The van der Waals surface area contributed by atoms with Crippen LogP contribution in [0.25, 0.3) is 0 Å². The summed E-state index contributed by atoms with van der Waals surface area (Å²) in [7, 11) is 0. The summed E-state index contributed by atoms with van der Waals surface area (Å²) in [6.07, 6.45) is 3.15. The van der Waals surface area contributed by atoms with Gasteiger partial charge in [0.15, 0.2) is 0 Å². The van der Waals surface area contributed by atoms with Crippen molar-refractivity contribution in [3.63, 3.8) is 0 Å². The van der Waals surface area contributed by atoms with Gasteiger partial charge in [-0.2, -0.15) is 0 Å². The molecule has 0 saturated heterocycles. The van der Waals surface area contributed by atoms with Crippen LogP contribution in [0.1, 0.15) is 37.6 Å². The Morgan fingerprint density at radius 1 is 1.04 bits per heavy atom. The van der Waals surface area contributed by atoms with Crippen molar-refractivity contribution >= 4 is 23.4 Å². The van der Waals surface area contributed by atoms with Gasteiger partial charge in [-0.15, -0.1) is 0 Å². The molecule has 0 aliphatic carbocycles. The molecule has 2 amide bonds. The second kappa shape index (κ2) is 6.63. The highest BCUT2D eigenvalue weighted by Crippen LogP contribution is 2.34. The predicted molar refractivity (Wildman–Crippen MR) is 95.0 cm³/mol. The molecule has 1 aromatic carbocycles. The van der Waals surface area contributed by atoms with Crippen molar-refractivity contribution < 1.29 is 18.7 Å². The summed E-state index contributed by atoms with van der Waals surface area (Å²) in [6, 6.07) is 9.02. The normalized spacial score (nSPS) is 14.7. The summed E-state index contributed by atoms with van der Waals surface area (Å²) in [6.45, 7) is 6.51. The van der Waals surface area contributed by atoms with Gasteiger partial charge in [0.2, 0.25) is 0 Å². The standard InChI is InChI=1S/C19H22N2O4/c1-19(2,3)25-18(23)21-11-6-10-20(15-7-4-5-8-16(15)21)17(22)14-9-12-24-13-14/h4-5,7-9,12-13H,6,10-11H2,1-3H3. The fourth-order valence-corrected chi connectivity index (χ4v) is 2.81. The summed E-state index contributed by atoms with van der Waals surface area (Å²) < 4.78 is 10.6. The van der Waals surface area contributed by atoms with Gasteiger partial charge in [-0.25, -0.2) is 4.79 Å². The second-order valence-electron chi connectivity index (χ2n) is 6.94. The van der Waals surface area contributed by atoms with E-state index in [9.17, 15) is 9.59 Å². The van der Waals surface area contributed by atoms with Gasteiger partial charge >= 0.3 is 6.09 Å². The van der Waals surface area contributed by atoms with E-state index in [1.165, 1.54) is 12.5 Å². The minimum Gasteiger partial charge on any atom is -0.472 e. The Balaban J connectivity index is 1.96.